The van der Waals surface area contributed by atoms with Crippen LogP contribution in [0.25, 0.3) is 0 Å². The second kappa shape index (κ2) is 9.78. The minimum atomic E-state index is 0. The van der Waals surface area contributed by atoms with Gasteiger partial charge in [-0.2, -0.15) is 0 Å². The lowest BCUT2D eigenvalue weighted by Gasteiger charge is -2.23. The first-order valence-corrected chi connectivity index (χ1v) is 8.24. The van der Waals surface area contributed by atoms with E-state index in [1.165, 1.54) is 5.56 Å². The highest BCUT2D eigenvalue weighted by atomic mass is 35.5. The van der Waals surface area contributed by atoms with Crippen molar-refractivity contribution in [1.29, 1.82) is 0 Å². The van der Waals surface area contributed by atoms with Gasteiger partial charge in [0.25, 0.3) is 0 Å². The van der Waals surface area contributed by atoms with E-state index < -0.39 is 0 Å². The predicted octanol–water partition coefficient (Wildman–Crippen LogP) is 3.09. The average Bonchev–Trinajstić information content (AvgIpc) is 3.03. The molecule has 0 bridgehead atoms. The lowest BCUT2D eigenvalue weighted by Crippen LogP contribution is -2.38. The van der Waals surface area contributed by atoms with Crippen LogP contribution in [0.4, 0.5) is 0 Å². The molecule has 0 radical (unpaired) electrons. The number of carbonyl (C=O) groups is 1. The Hall–Kier alpha value is -1.26. The third kappa shape index (κ3) is 6.04. The number of nitrogens with one attached hydrogen (secondary N) is 1. The number of nitrogens with zero attached hydrogens (tertiary/aromatic N) is 1. The Balaban J connectivity index is 0.00000264. The van der Waals surface area contributed by atoms with Crippen LogP contribution in [0.15, 0.2) is 18.2 Å². The van der Waals surface area contributed by atoms with E-state index in [4.69, 9.17) is 4.74 Å². The van der Waals surface area contributed by atoms with E-state index in [0.717, 1.165) is 43.7 Å². The molecule has 1 N–H and O–H groups in total. The lowest BCUT2D eigenvalue weighted by molar-refractivity contribution is -0.131. The van der Waals surface area contributed by atoms with Crippen molar-refractivity contribution in [3.05, 3.63) is 29.3 Å². The SMILES string of the molecule is Cc1ccc(C)c(OCCCCC(=O)N(C)C2CCNC2)c1.Cl. The molecule has 0 spiro atoms. The smallest absolute Gasteiger partial charge is 0.222 e. The number of unbranched alkanes of at least 4 members (excludes halogenated alkanes) is 1. The normalized spacial score (nSPS) is 16.7. The van der Waals surface area contributed by atoms with Gasteiger partial charge in [-0.15, -0.1) is 12.4 Å². The van der Waals surface area contributed by atoms with Gasteiger partial charge in [-0.3, -0.25) is 4.79 Å². The van der Waals surface area contributed by atoms with E-state index in [1.54, 1.807) is 0 Å². The summed E-state index contributed by atoms with van der Waals surface area (Å²) >= 11 is 0. The summed E-state index contributed by atoms with van der Waals surface area (Å²) in [5, 5.41) is 3.30. The summed E-state index contributed by atoms with van der Waals surface area (Å²) in [6.45, 7) is 6.75. The Bertz CT molecular complexity index is 502. The molecule has 2 rings (SSSR count). The van der Waals surface area contributed by atoms with Crippen LogP contribution in [-0.2, 0) is 4.79 Å². The second-order valence-corrected chi connectivity index (χ2v) is 6.23. The minimum Gasteiger partial charge on any atom is -0.493 e. The molecule has 1 heterocycles. The number of rotatable bonds is 7. The van der Waals surface area contributed by atoms with Gasteiger partial charge in [0.15, 0.2) is 0 Å². The Morgan fingerprint density at radius 2 is 2.13 bits per heavy atom. The molecule has 0 aliphatic carbocycles. The fourth-order valence-corrected chi connectivity index (χ4v) is 2.77. The van der Waals surface area contributed by atoms with Gasteiger partial charge < -0.3 is 15.0 Å². The van der Waals surface area contributed by atoms with Crippen molar-refractivity contribution in [2.75, 3.05) is 26.7 Å². The number of carbonyl (C=O) groups excluding carboxylic acids is 1. The van der Waals surface area contributed by atoms with Crippen molar-refractivity contribution in [2.45, 2.75) is 45.6 Å². The average molecular weight is 341 g/mol. The molecule has 130 valence electrons. The molecule has 1 amide bonds. The summed E-state index contributed by atoms with van der Waals surface area (Å²) in [5.41, 5.74) is 2.37. The number of ether oxygens (including phenoxy) is 1. The zero-order valence-corrected chi connectivity index (χ0v) is 15.2. The molecule has 1 atom stereocenters. The standard InChI is InChI=1S/C18H28N2O2.ClH/c1-14-7-8-15(2)17(12-14)22-11-5-4-6-18(21)20(3)16-9-10-19-13-16;/h7-8,12,16,19H,4-6,9-11,13H2,1-3H3;1H. The molecular formula is C18H29ClN2O2. The molecule has 1 aliphatic heterocycles. The first kappa shape index (κ1) is 19.8. The van der Waals surface area contributed by atoms with E-state index >= 15 is 0 Å². The van der Waals surface area contributed by atoms with Gasteiger partial charge in [-0.1, -0.05) is 12.1 Å². The fraction of sp³-hybridized carbons (Fsp3) is 0.611. The molecule has 23 heavy (non-hydrogen) atoms. The van der Waals surface area contributed by atoms with Gasteiger partial charge >= 0.3 is 0 Å². The monoisotopic (exact) mass is 340 g/mol. The second-order valence-electron chi connectivity index (χ2n) is 6.23. The molecule has 1 fully saturated rings. The number of amides is 1. The molecule has 1 aromatic rings. The van der Waals surface area contributed by atoms with Gasteiger partial charge in [0.1, 0.15) is 5.75 Å². The summed E-state index contributed by atoms with van der Waals surface area (Å²) < 4.78 is 5.82. The summed E-state index contributed by atoms with van der Waals surface area (Å²) in [5.74, 6) is 1.21. The molecule has 1 aliphatic rings. The topological polar surface area (TPSA) is 41.6 Å². The van der Waals surface area contributed by atoms with Crippen molar-refractivity contribution < 1.29 is 9.53 Å². The molecule has 0 saturated carbocycles. The number of halogens is 1. The maximum Gasteiger partial charge on any atom is 0.222 e. The van der Waals surface area contributed by atoms with Crippen LogP contribution in [0, 0.1) is 13.8 Å². The molecule has 1 saturated heterocycles. The molecule has 1 unspecified atom stereocenters. The van der Waals surface area contributed by atoms with Gasteiger partial charge in [0, 0.05) is 26.1 Å². The first-order valence-electron chi connectivity index (χ1n) is 8.24. The van der Waals surface area contributed by atoms with Crippen LogP contribution >= 0.6 is 12.4 Å². The largest absolute Gasteiger partial charge is 0.493 e. The van der Waals surface area contributed by atoms with Gasteiger partial charge in [-0.05, 0) is 56.8 Å². The van der Waals surface area contributed by atoms with Crippen molar-refractivity contribution >= 4 is 18.3 Å². The van der Waals surface area contributed by atoms with Crippen LogP contribution in [0.5, 0.6) is 5.75 Å². The quantitative estimate of drug-likeness (QED) is 0.775. The molecule has 0 aromatic heterocycles. The summed E-state index contributed by atoms with van der Waals surface area (Å²) in [4.78, 5) is 14.0. The highest BCUT2D eigenvalue weighted by Gasteiger charge is 2.22. The number of hydrogen-bond donors (Lipinski definition) is 1. The maximum atomic E-state index is 12.1. The van der Waals surface area contributed by atoms with E-state index in [-0.39, 0.29) is 18.3 Å². The summed E-state index contributed by atoms with van der Waals surface area (Å²) in [6, 6.07) is 6.62. The first-order chi connectivity index (χ1) is 10.6. The summed E-state index contributed by atoms with van der Waals surface area (Å²) in [7, 11) is 1.92. The van der Waals surface area contributed by atoms with Crippen LogP contribution in [0.2, 0.25) is 0 Å². The highest BCUT2D eigenvalue weighted by Crippen LogP contribution is 2.19. The fourth-order valence-electron chi connectivity index (χ4n) is 2.77. The van der Waals surface area contributed by atoms with Crippen molar-refractivity contribution in [3.8, 4) is 5.75 Å². The van der Waals surface area contributed by atoms with Crippen LogP contribution < -0.4 is 10.1 Å². The summed E-state index contributed by atoms with van der Waals surface area (Å²) in [6.07, 6.45) is 3.48. The zero-order valence-electron chi connectivity index (χ0n) is 14.4. The maximum absolute atomic E-state index is 12.1. The van der Waals surface area contributed by atoms with Crippen LogP contribution in [0.1, 0.15) is 36.8 Å². The van der Waals surface area contributed by atoms with Crippen molar-refractivity contribution in [1.82, 2.24) is 10.2 Å². The lowest BCUT2D eigenvalue weighted by atomic mass is 10.1. The minimum absolute atomic E-state index is 0. The Morgan fingerprint density at radius 3 is 2.83 bits per heavy atom. The van der Waals surface area contributed by atoms with Gasteiger partial charge in [0.2, 0.25) is 5.91 Å². The van der Waals surface area contributed by atoms with Crippen molar-refractivity contribution in [3.63, 3.8) is 0 Å². The predicted molar refractivity (Wildman–Crippen MR) is 96.6 cm³/mol. The van der Waals surface area contributed by atoms with E-state index in [9.17, 15) is 4.79 Å². The molecule has 4 nitrogen and oxygen atoms in total. The number of aryl methyl sites for hydroxylation is 2. The van der Waals surface area contributed by atoms with Crippen LogP contribution in [-0.4, -0.2) is 43.6 Å². The number of hydrogen-bond acceptors (Lipinski definition) is 3. The Labute approximate surface area is 146 Å². The number of benzene rings is 1. The third-order valence-electron chi connectivity index (χ3n) is 4.36. The van der Waals surface area contributed by atoms with Gasteiger partial charge in [0.05, 0.1) is 6.61 Å². The van der Waals surface area contributed by atoms with Gasteiger partial charge in [-0.25, -0.2) is 0 Å². The molecule has 1 aromatic carbocycles. The van der Waals surface area contributed by atoms with E-state index in [1.807, 2.05) is 11.9 Å². The van der Waals surface area contributed by atoms with E-state index in [2.05, 4.69) is 37.4 Å². The third-order valence-corrected chi connectivity index (χ3v) is 4.36. The zero-order chi connectivity index (χ0) is 15.9. The Morgan fingerprint density at radius 1 is 1.35 bits per heavy atom. The molecule has 5 heteroatoms. The molecular weight excluding hydrogens is 312 g/mol. The Kier molecular flexibility index (Phi) is 8.42. The highest BCUT2D eigenvalue weighted by molar-refractivity contribution is 5.85. The van der Waals surface area contributed by atoms with E-state index in [0.29, 0.717) is 19.1 Å². The number of likely N-dealkylation sites (N-methyl/N-ethyl adjacent to an activating group) is 1. The van der Waals surface area contributed by atoms with Crippen LogP contribution in [0.3, 0.4) is 0 Å². The van der Waals surface area contributed by atoms with Crippen molar-refractivity contribution in [2.24, 2.45) is 0 Å².